The summed E-state index contributed by atoms with van der Waals surface area (Å²) in [4.78, 5) is 7.86. The van der Waals surface area contributed by atoms with Gasteiger partial charge in [0.1, 0.15) is 5.82 Å². The average Bonchev–Trinajstić information content (AvgIpc) is 2.37. The molecule has 17 heavy (non-hydrogen) atoms. The molecule has 2 aromatic rings. The van der Waals surface area contributed by atoms with Gasteiger partial charge < -0.3 is 5.32 Å². The molecule has 2 rings (SSSR count). The first kappa shape index (κ1) is 11.7. The van der Waals surface area contributed by atoms with Crippen LogP contribution in [0.2, 0.25) is 0 Å². The maximum absolute atomic E-state index is 13.6. The van der Waals surface area contributed by atoms with Gasteiger partial charge in [-0.1, -0.05) is 6.92 Å². The Morgan fingerprint density at radius 2 is 2.12 bits per heavy atom. The summed E-state index contributed by atoms with van der Waals surface area (Å²) >= 11 is 0. The second kappa shape index (κ2) is 5.50. The molecule has 0 amide bonds. The molecule has 0 spiro atoms. The lowest BCUT2D eigenvalue weighted by molar-refractivity contribution is 0.625. The van der Waals surface area contributed by atoms with Gasteiger partial charge in [-0.2, -0.15) is 0 Å². The Hall–Kier alpha value is -1.81. The van der Waals surface area contributed by atoms with Crippen LogP contribution in [0.5, 0.6) is 0 Å². The van der Waals surface area contributed by atoms with Gasteiger partial charge in [0.05, 0.1) is 6.20 Å². The minimum absolute atomic E-state index is 0.324. The molecule has 1 N–H and O–H groups in total. The predicted molar refractivity (Wildman–Crippen MR) is 64.8 cm³/mol. The molecule has 2 heterocycles. The highest BCUT2D eigenvalue weighted by molar-refractivity contribution is 5.63. The Morgan fingerprint density at radius 1 is 1.24 bits per heavy atom. The van der Waals surface area contributed by atoms with Gasteiger partial charge in [0.25, 0.3) is 0 Å². The third kappa shape index (κ3) is 2.85. The van der Waals surface area contributed by atoms with Crippen molar-refractivity contribution < 1.29 is 4.39 Å². The standard InChI is InChI=1S/C13H14FN3/c1-2-15-6-10-5-11(8-17-7-10)12-3-4-16-9-13(12)14/h3-5,7-9,15H,2,6H2,1H3. The van der Waals surface area contributed by atoms with Gasteiger partial charge in [0.2, 0.25) is 0 Å². The zero-order valence-electron chi connectivity index (χ0n) is 9.65. The normalized spacial score (nSPS) is 10.5. The molecule has 88 valence electrons. The zero-order valence-corrected chi connectivity index (χ0v) is 9.65. The van der Waals surface area contributed by atoms with Crippen LogP contribution in [-0.2, 0) is 6.54 Å². The molecule has 0 aliphatic rings. The number of nitrogens with zero attached hydrogens (tertiary/aromatic N) is 2. The van der Waals surface area contributed by atoms with E-state index in [-0.39, 0.29) is 5.82 Å². The van der Waals surface area contributed by atoms with E-state index in [9.17, 15) is 4.39 Å². The quantitative estimate of drug-likeness (QED) is 0.878. The molecule has 0 saturated heterocycles. The van der Waals surface area contributed by atoms with Crippen LogP contribution in [0.15, 0.2) is 36.9 Å². The Bertz CT molecular complexity index is 500. The highest BCUT2D eigenvalue weighted by atomic mass is 19.1. The molecule has 0 unspecified atom stereocenters. The highest BCUT2D eigenvalue weighted by Gasteiger charge is 2.05. The van der Waals surface area contributed by atoms with E-state index in [1.807, 2.05) is 13.0 Å². The molecule has 0 saturated carbocycles. The lowest BCUT2D eigenvalue weighted by atomic mass is 10.1. The maximum Gasteiger partial charge on any atom is 0.149 e. The van der Waals surface area contributed by atoms with Crippen molar-refractivity contribution in [2.45, 2.75) is 13.5 Å². The fourth-order valence-corrected chi connectivity index (χ4v) is 1.61. The van der Waals surface area contributed by atoms with Crippen LogP contribution in [0, 0.1) is 5.82 Å². The second-order valence-corrected chi connectivity index (χ2v) is 3.72. The van der Waals surface area contributed by atoms with E-state index in [1.54, 1.807) is 24.7 Å². The first-order chi connectivity index (χ1) is 8.31. The van der Waals surface area contributed by atoms with Crippen molar-refractivity contribution in [2.75, 3.05) is 6.54 Å². The van der Waals surface area contributed by atoms with E-state index < -0.39 is 0 Å². The van der Waals surface area contributed by atoms with Crippen LogP contribution in [0.3, 0.4) is 0 Å². The number of nitrogens with one attached hydrogen (secondary N) is 1. The van der Waals surface area contributed by atoms with Crippen LogP contribution >= 0.6 is 0 Å². The first-order valence-electron chi connectivity index (χ1n) is 5.55. The third-order valence-electron chi connectivity index (χ3n) is 2.46. The Labute approximate surface area is 99.7 Å². The Kier molecular flexibility index (Phi) is 3.77. The van der Waals surface area contributed by atoms with Gasteiger partial charge in [-0.15, -0.1) is 0 Å². The van der Waals surface area contributed by atoms with Crippen molar-refractivity contribution in [3.05, 3.63) is 48.3 Å². The Morgan fingerprint density at radius 3 is 2.88 bits per heavy atom. The summed E-state index contributed by atoms with van der Waals surface area (Å²) < 4.78 is 13.6. The van der Waals surface area contributed by atoms with E-state index in [2.05, 4.69) is 15.3 Å². The summed E-state index contributed by atoms with van der Waals surface area (Å²) in [7, 11) is 0. The first-order valence-corrected chi connectivity index (χ1v) is 5.55. The maximum atomic E-state index is 13.6. The van der Waals surface area contributed by atoms with Gasteiger partial charge in [0, 0.05) is 36.3 Å². The van der Waals surface area contributed by atoms with Gasteiger partial charge >= 0.3 is 0 Å². The number of hydrogen-bond acceptors (Lipinski definition) is 3. The van der Waals surface area contributed by atoms with Crippen LogP contribution < -0.4 is 5.32 Å². The molecule has 0 aromatic carbocycles. The van der Waals surface area contributed by atoms with Gasteiger partial charge in [0.15, 0.2) is 0 Å². The van der Waals surface area contributed by atoms with Crippen LogP contribution in [-0.4, -0.2) is 16.5 Å². The zero-order chi connectivity index (χ0) is 12.1. The second-order valence-electron chi connectivity index (χ2n) is 3.72. The molecule has 0 fully saturated rings. The molecule has 3 nitrogen and oxygen atoms in total. The minimum atomic E-state index is -0.324. The van der Waals surface area contributed by atoms with Gasteiger partial charge in [-0.05, 0) is 24.2 Å². The summed E-state index contributed by atoms with van der Waals surface area (Å²) in [6.07, 6.45) is 6.24. The van der Waals surface area contributed by atoms with Crippen molar-refractivity contribution in [1.29, 1.82) is 0 Å². The molecule has 0 radical (unpaired) electrons. The smallest absolute Gasteiger partial charge is 0.149 e. The number of pyridine rings is 2. The van der Waals surface area contributed by atoms with Gasteiger partial charge in [-0.25, -0.2) is 4.39 Å². The number of hydrogen-bond donors (Lipinski definition) is 1. The number of aromatic nitrogens is 2. The Balaban J connectivity index is 2.30. The van der Waals surface area contributed by atoms with Crippen molar-refractivity contribution in [2.24, 2.45) is 0 Å². The minimum Gasteiger partial charge on any atom is -0.313 e. The predicted octanol–water partition coefficient (Wildman–Crippen LogP) is 2.39. The van der Waals surface area contributed by atoms with Crippen molar-refractivity contribution >= 4 is 0 Å². The average molecular weight is 231 g/mol. The molecule has 0 atom stereocenters. The van der Waals surface area contributed by atoms with Crippen LogP contribution in [0.4, 0.5) is 4.39 Å². The topological polar surface area (TPSA) is 37.8 Å². The molecule has 4 heteroatoms. The van der Waals surface area contributed by atoms with Crippen LogP contribution in [0.1, 0.15) is 12.5 Å². The van der Waals surface area contributed by atoms with E-state index in [0.717, 1.165) is 24.2 Å². The summed E-state index contributed by atoms with van der Waals surface area (Å²) in [5.74, 6) is -0.324. The molecule has 0 bridgehead atoms. The van der Waals surface area contributed by atoms with Crippen LogP contribution in [0.25, 0.3) is 11.1 Å². The summed E-state index contributed by atoms with van der Waals surface area (Å²) in [6.45, 7) is 3.68. The molecule has 2 aromatic heterocycles. The molecular weight excluding hydrogens is 217 g/mol. The SMILES string of the molecule is CCNCc1cncc(-c2ccncc2F)c1. The summed E-state index contributed by atoms with van der Waals surface area (Å²) in [6, 6.07) is 3.59. The lowest BCUT2D eigenvalue weighted by Gasteiger charge is -2.06. The van der Waals surface area contributed by atoms with E-state index in [4.69, 9.17) is 0 Å². The molecular formula is C13H14FN3. The molecule has 0 aliphatic heterocycles. The lowest BCUT2D eigenvalue weighted by Crippen LogP contribution is -2.11. The van der Waals surface area contributed by atoms with Crippen molar-refractivity contribution in [1.82, 2.24) is 15.3 Å². The molecule has 0 aliphatic carbocycles. The third-order valence-corrected chi connectivity index (χ3v) is 2.46. The largest absolute Gasteiger partial charge is 0.313 e. The number of rotatable bonds is 4. The van der Waals surface area contributed by atoms with E-state index in [0.29, 0.717) is 5.56 Å². The monoisotopic (exact) mass is 231 g/mol. The fourth-order valence-electron chi connectivity index (χ4n) is 1.61. The fraction of sp³-hybridized carbons (Fsp3) is 0.231. The summed E-state index contributed by atoms with van der Waals surface area (Å²) in [5.41, 5.74) is 2.35. The van der Waals surface area contributed by atoms with Gasteiger partial charge in [-0.3, -0.25) is 9.97 Å². The highest BCUT2D eigenvalue weighted by Crippen LogP contribution is 2.21. The summed E-state index contributed by atoms with van der Waals surface area (Å²) in [5, 5.41) is 3.21. The van der Waals surface area contributed by atoms with Crippen molar-refractivity contribution in [3.8, 4) is 11.1 Å². The number of halogens is 1. The van der Waals surface area contributed by atoms with E-state index >= 15 is 0 Å². The van der Waals surface area contributed by atoms with E-state index in [1.165, 1.54) is 6.20 Å². The van der Waals surface area contributed by atoms with Crippen molar-refractivity contribution in [3.63, 3.8) is 0 Å².